The van der Waals surface area contributed by atoms with Gasteiger partial charge in [-0.3, -0.25) is 0 Å². The van der Waals surface area contributed by atoms with E-state index >= 15 is 0 Å². The molecule has 0 amide bonds. The van der Waals surface area contributed by atoms with Crippen molar-refractivity contribution in [2.24, 2.45) is 0 Å². The maximum absolute atomic E-state index is 5.80. The summed E-state index contributed by atoms with van der Waals surface area (Å²) in [5.74, 6) is 2.37. The molecule has 0 bridgehead atoms. The van der Waals surface area contributed by atoms with E-state index < -0.39 is 0 Å². The lowest BCUT2D eigenvalue weighted by molar-refractivity contribution is 0.284. The molecule has 0 unspecified atom stereocenters. The predicted molar refractivity (Wildman–Crippen MR) is 80.5 cm³/mol. The van der Waals surface area contributed by atoms with E-state index in [1.165, 1.54) is 5.56 Å². The maximum Gasteiger partial charge on any atom is 0.161 e. The number of aromatic nitrogens is 1. The molecule has 1 N–H and O–H groups in total. The number of nitrogens with one attached hydrogen (secondary N) is 1. The quantitative estimate of drug-likeness (QED) is 0.876. The van der Waals surface area contributed by atoms with Gasteiger partial charge in [0.05, 0.1) is 7.11 Å². The normalized spacial score (nSPS) is 10.2. The number of rotatable bonds is 6. The van der Waals surface area contributed by atoms with Gasteiger partial charge in [0.25, 0.3) is 0 Å². The van der Waals surface area contributed by atoms with Gasteiger partial charge < -0.3 is 14.8 Å². The van der Waals surface area contributed by atoms with Crippen LogP contribution in [0.1, 0.15) is 18.1 Å². The molecule has 0 atom stereocenters. The first-order valence-electron chi connectivity index (χ1n) is 6.69. The molecule has 2 rings (SSSR count). The molecule has 0 saturated heterocycles. The first-order valence-corrected chi connectivity index (χ1v) is 6.69. The van der Waals surface area contributed by atoms with Gasteiger partial charge in [-0.25, -0.2) is 4.98 Å². The predicted octanol–water partition coefficient (Wildman–Crippen LogP) is 3.27. The van der Waals surface area contributed by atoms with Gasteiger partial charge in [-0.1, -0.05) is 19.1 Å². The topological polar surface area (TPSA) is 43.4 Å². The van der Waals surface area contributed by atoms with Crippen LogP contribution < -0.4 is 14.8 Å². The summed E-state index contributed by atoms with van der Waals surface area (Å²) in [4.78, 5) is 4.26. The molecular formula is C16H20N2O2. The standard InChI is InChI=1S/C16H20N2O2/c1-4-12-5-7-14(15(9-12)19-3)20-11-13-6-8-16(17-2)18-10-13/h5-10H,4,11H2,1-3H3,(H,17,18). The summed E-state index contributed by atoms with van der Waals surface area (Å²) in [7, 11) is 3.50. The van der Waals surface area contributed by atoms with Crippen LogP contribution in [0.2, 0.25) is 0 Å². The summed E-state index contributed by atoms with van der Waals surface area (Å²) in [5.41, 5.74) is 2.25. The Morgan fingerprint density at radius 1 is 1.10 bits per heavy atom. The zero-order chi connectivity index (χ0) is 14.4. The van der Waals surface area contributed by atoms with Crippen LogP contribution in [0.25, 0.3) is 0 Å². The molecule has 0 aliphatic carbocycles. The zero-order valence-corrected chi connectivity index (χ0v) is 12.1. The van der Waals surface area contributed by atoms with Crippen molar-refractivity contribution in [1.82, 2.24) is 4.98 Å². The lowest BCUT2D eigenvalue weighted by atomic mass is 10.1. The highest BCUT2D eigenvalue weighted by molar-refractivity contribution is 5.43. The molecule has 20 heavy (non-hydrogen) atoms. The van der Waals surface area contributed by atoms with Gasteiger partial charge in [-0.2, -0.15) is 0 Å². The fourth-order valence-electron chi connectivity index (χ4n) is 1.87. The van der Waals surface area contributed by atoms with Crippen molar-refractivity contribution >= 4 is 5.82 Å². The number of nitrogens with zero attached hydrogens (tertiary/aromatic N) is 1. The van der Waals surface area contributed by atoms with Crippen LogP contribution in [-0.4, -0.2) is 19.1 Å². The van der Waals surface area contributed by atoms with Crippen molar-refractivity contribution in [3.8, 4) is 11.5 Å². The molecule has 0 spiro atoms. The fourth-order valence-corrected chi connectivity index (χ4v) is 1.87. The number of benzene rings is 1. The second kappa shape index (κ2) is 6.80. The van der Waals surface area contributed by atoms with Crippen LogP contribution in [0.3, 0.4) is 0 Å². The summed E-state index contributed by atoms with van der Waals surface area (Å²) in [6.45, 7) is 2.59. The average molecular weight is 272 g/mol. The Balaban J connectivity index is 2.05. The van der Waals surface area contributed by atoms with E-state index in [0.717, 1.165) is 29.3 Å². The van der Waals surface area contributed by atoms with Crippen LogP contribution in [-0.2, 0) is 13.0 Å². The SMILES string of the molecule is CCc1ccc(OCc2ccc(NC)nc2)c(OC)c1. The van der Waals surface area contributed by atoms with Gasteiger partial charge in [0.1, 0.15) is 12.4 Å². The lowest BCUT2D eigenvalue weighted by Gasteiger charge is -2.12. The molecule has 1 aromatic carbocycles. The third-order valence-electron chi connectivity index (χ3n) is 3.11. The van der Waals surface area contributed by atoms with E-state index in [1.807, 2.05) is 31.3 Å². The molecule has 0 radical (unpaired) electrons. The molecule has 0 aliphatic rings. The molecule has 1 heterocycles. The average Bonchev–Trinajstić information content (AvgIpc) is 2.53. The molecule has 0 saturated carbocycles. The van der Waals surface area contributed by atoms with E-state index in [-0.39, 0.29) is 0 Å². The minimum absolute atomic E-state index is 0.471. The number of ether oxygens (including phenoxy) is 2. The van der Waals surface area contributed by atoms with Crippen LogP contribution in [0.4, 0.5) is 5.82 Å². The number of methoxy groups -OCH3 is 1. The van der Waals surface area contributed by atoms with Crippen molar-refractivity contribution in [3.05, 3.63) is 47.7 Å². The number of hydrogen-bond acceptors (Lipinski definition) is 4. The molecule has 0 aliphatic heterocycles. The Labute approximate surface area is 119 Å². The number of anilines is 1. The summed E-state index contributed by atoms with van der Waals surface area (Å²) < 4.78 is 11.2. The third-order valence-corrected chi connectivity index (χ3v) is 3.11. The smallest absolute Gasteiger partial charge is 0.161 e. The first-order chi connectivity index (χ1) is 9.76. The van der Waals surface area contributed by atoms with Gasteiger partial charge >= 0.3 is 0 Å². The van der Waals surface area contributed by atoms with Crippen LogP contribution >= 0.6 is 0 Å². The van der Waals surface area contributed by atoms with Crippen LogP contribution in [0, 0.1) is 0 Å². The summed E-state index contributed by atoms with van der Waals surface area (Å²) in [6.07, 6.45) is 2.78. The van der Waals surface area contributed by atoms with Crippen LogP contribution in [0.15, 0.2) is 36.5 Å². The Bertz CT molecular complexity index is 553. The Morgan fingerprint density at radius 2 is 1.90 bits per heavy atom. The molecule has 2 aromatic rings. The highest BCUT2D eigenvalue weighted by Gasteiger charge is 2.05. The van der Waals surface area contributed by atoms with Crippen molar-refractivity contribution in [2.75, 3.05) is 19.5 Å². The fraction of sp³-hybridized carbons (Fsp3) is 0.312. The van der Waals surface area contributed by atoms with E-state index in [2.05, 4.69) is 23.3 Å². The summed E-state index contributed by atoms with van der Waals surface area (Å²) in [6, 6.07) is 9.94. The Kier molecular flexibility index (Phi) is 4.82. The first kappa shape index (κ1) is 14.2. The van der Waals surface area contributed by atoms with Crippen molar-refractivity contribution in [2.45, 2.75) is 20.0 Å². The Morgan fingerprint density at radius 3 is 2.50 bits per heavy atom. The minimum atomic E-state index is 0.471. The molecule has 0 fully saturated rings. The maximum atomic E-state index is 5.80. The monoisotopic (exact) mass is 272 g/mol. The van der Waals surface area contributed by atoms with E-state index in [9.17, 15) is 0 Å². The highest BCUT2D eigenvalue weighted by atomic mass is 16.5. The Hall–Kier alpha value is -2.23. The number of hydrogen-bond donors (Lipinski definition) is 1. The van der Waals surface area contributed by atoms with Gasteiger partial charge in [-0.05, 0) is 30.2 Å². The van der Waals surface area contributed by atoms with Gasteiger partial charge in [0.15, 0.2) is 11.5 Å². The molecule has 4 nitrogen and oxygen atoms in total. The summed E-state index contributed by atoms with van der Waals surface area (Å²) in [5, 5.41) is 2.99. The second-order valence-electron chi connectivity index (χ2n) is 4.43. The molecule has 1 aromatic heterocycles. The summed E-state index contributed by atoms with van der Waals surface area (Å²) >= 11 is 0. The largest absolute Gasteiger partial charge is 0.493 e. The minimum Gasteiger partial charge on any atom is -0.493 e. The van der Waals surface area contributed by atoms with Gasteiger partial charge in [-0.15, -0.1) is 0 Å². The molecule has 4 heteroatoms. The number of pyridine rings is 1. The van der Waals surface area contributed by atoms with Crippen molar-refractivity contribution < 1.29 is 9.47 Å². The van der Waals surface area contributed by atoms with Crippen molar-refractivity contribution in [3.63, 3.8) is 0 Å². The van der Waals surface area contributed by atoms with Crippen molar-refractivity contribution in [1.29, 1.82) is 0 Å². The lowest BCUT2D eigenvalue weighted by Crippen LogP contribution is -2.00. The highest BCUT2D eigenvalue weighted by Crippen LogP contribution is 2.29. The van der Waals surface area contributed by atoms with Gasteiger partial charge in [0.2, 0.25) is 0 Å². The second-order valence-corrected chi connectivity index (χ2v) is 4.43. The van der Waals surface area contributed by atoms with E-state index in [1.54, 1.807) is 13.3 Å². The molecular weight excluding hydrogens is 252 g/mol. The van der Waals surface area contributed by atoms with Crippen LogP contribution in [0.5, 0.6) is 11.5 Å². The van der Waals surface area contributed by atoms with Gasteiger partial charge in [0, 0.05) is 18.8 Å². The van der Waals surface area contributed by atoms with E-state index in [4.69, 9.17) is 9.47 Å². The number of aryl methyl sites for hydroxylation is 1. The van der Waals surface area contributed by atoms with E-state index in [0.29, 0.717) is 6.61 Å². The zero-order valence-electron chi connectivity index (χ0n) is 12.1. The third kappa shape index (κ3) is 3.41. The molecule has 106 valence electrons.